The molecule has 0 aliphatic carbocycles. The van der Waals surface area contributed by atoms with Crippen LogP contribution in [0.2, 0.25) is 0 Å². The molecule has 2 amide bonds. The summed E-state index contributed by atoms with van der Waals surface area (Å²) in [5, 5.41) is 11.3. The van der Waals surface area contributed by atoms with E-state index in [9.17, 15) is 9.59 Å². The van der Waals surface area contributed by atoms with Crippen LogP contribution in [0.15, 0.2) is 36.4 Å². The van der Waals surface area contributed by atoms with Crippen LogP contribution in [0.4, 0.5) is 0 Å². The molecule has 0 bridgehead atoms. The molecule has 0 heterocycles. The minimum absolute atomic E-state index is 0.338. The number of carbonyl (C=O) groups excluding carboxylic acids is 2. The molecule has 0 spiro atoms. The molecule has 0 aliphatic heterocycles. The number of amides is 2. The first-order valence-corrected chi connectivity index (χ1v) is 9.19. The van der Waals surface area contributed by atoms with E-state index in [4.69, 9.17) is 15.7 Å². The van der Waals surface area contributed by atoms with E-state index in [0.29, 0.717) is 17.9 Å². The van der Waals surface area contributed by atoms with Gasteiger partial charge in [0.15, 0.2) is 0 Å². The molecule has 0 aliphatic rings. The van der Waals surface area contributed by atoms with E-state index in [1.165, 1.54) is 5.48 Å². The van der Waals surface area contributed by atoms with Crippen molar-refractivity contribution in [1.29, 1.82) is 0 Å². The Balaban J connectivity index is 2.59. The number of unbranched alkanes of at least 4 members (excludes halogenated alkanes) is 2. The third kappa shape index (κ3) is 8.25. The monoisotopic (exact) mass is 387 g/mol. The van der Waals surface area contributed by atoms with E-state index < -0.39 is 23.4 Å². The van der Waals surface area contributed by atoms with Gasteiger partial charge in [-0.15, -0.1) is 0 Å². The average Bonchev–Trinajstić information content (AvgIpc) is 2.67. The molecule has 0 radical (unpaired) electrons. The Morgan fingerprint density at radius 3 is 2.57 bits per heavy atom. The second-order valence-corrected chi connectivity index (χ2v) is 6.87. The normalized spacial score (nSPS) is 12.0. The number of carbonyl (C=O) groups is 2. The molecule has 0 saturated carbocycles. The highest BCUT2D eigenvalue weighted by atomic mass is 16.5. The Bertz CT molecular complexity index is 725. The Kier molecular flexibility index (Phi) is 9.79. The standard InChI is InChI=1S/C21H29N3O4/c1-4-5-6-7-8-9-10-15-28-17-13-11-16(12-14-17)19(25)23-18(20(26)24-27)21(2,3)22/h9-14,18,27H,4-6,15,22H2,1-3H3,(H,23,25)(H,24,26)/b10-9+/t18-/m1/s1. The quantitative estimate of drug-likeness (QED) is 0.224. The number of hydrogen-bond acceptors (Lipinski definition) is 5. The highest BCUT2D eigenvalue weighted by Crippen LogP contribution is 2.13. The summed E-state index contributed by atoms with van der Waals surface area (Å²) >= 11 is 0. The van der Waals surface area contributed by atoms with Crippen LogP contribution in [0.25, 0.3) is 0 Å². The molecule has 1 atom stereocenters. The number of ether oxygens (including phenoxy) is 1. The summed E-state index contributed by atoms with van der Waals surface area (Å²) in [5.41, 5.74) is 6.69. The molecular formula is C21H29N3O4. The smallest absolute Gasteiger partial charge is 0.267 e. The maximum Gasteiger partial charge on any atom is 0.267 e. The van der Waals surface area contributed by atoms with E-state index in [0.717, 1.165) is 19.3 Å². The third-order valence-electron chi connectivity index (χ3n) is 3.81. The Morgan fingerprint density at radius 1 is 1.32 bits per heavy atom. The van der Waals surface area contributed by atoms with Crippen LogP contribution in [-0.2, 0) is 4.79 Å². The van der Waals surface area contributed by atoms with Crippen molar-refractivity contribution in [3.05, 3.63) is 42.0 Å². The topological polar surface area (TPSA) is 114 Å². The van der Waals surface area contributed by atoms with E-state index in [1.54, 1.807) is 44.2 Å². The van der Waals surface area contributed by atoms with Gasteiger partial charge in [-0.3, -0.25) is 14.8 Å². The van der Waals surface area contributed by atoms with E-state index in [2.05, 4.69) is 24.1 Å². The zero-order valence-corrected chi connectivity index (χ0v) is 16.6. The minimum Gasteiger partial charge on any atom is -0.490 e. The molecule has 152 valence electrons. The van der Waals surface area contributed by atoms with E-state index in [-0.39, 0.29) is 0 Å². The van der Waals surface area contributed by atoms with Crippen molar-refractivity contribution in [2.45, 2.75) is 51.6 Å². The summed E-state index contributed by atoms with van der Waals surface area (Å²) in [7, 11) is 0. The maximum absolute atomic E-state index is 12.3. The van der Waals surface area contributed by atoms with Gasteiger partial charge in [-0.05, 0) is 56.7 Å². The largest absolute Gasteiger partial charge is 0.490 e. The number of nitrogens with one attached hydrogen (secondary N) is 2. The summed E-state index contributed by atoms with van der Waals surface area (Å²) in [6, 6.07) is 5.38. The summed E-state index contributed by atoms with van der Waals surface area (Å²) < 4.78 is 5.56. The summed E-state index contributed by atoms with van der Waals surface area (Å²) in [6.45, 7) is 5.65. The molecule has 1 aromatic rings. The molecule has 0 aromatic heterocycles. The zero-order valence-electron chi connectivity index (χ0n) is 16.6. The van der Waals surface area contributed by atoms with Crippen LogP contribution < -0.4 is 21.3 Å². The van der Waals surface area contributed by atoms with Crippen LogP contribution >= 0.6 is 0 Å². The third-order valence-corrected chi connectivity index (χ3v) is 3.81. The SMILES string of the molecule is CCCCC#C/C=C/COc1ccc(C(=O)N[C@H](C(=O)NO)C(C)(C)N)cc1. The number of hydrogen-bond donors (Lipinski definition) is 4. The second kappa shape index (κ2) is 11.8. The van der Waals surface area contributed by atoms with Gasteiger partial charge in [-0.25, -0.2) is 5.48 Å². The fourth-order valence-electron chi connectivity index (χ4n) is 2.22. The average molecular weight is 387 g/mol. The number of hydroxylamine groups is 1. The van der Waals surface area contributed by atoms with Crippen LogP contribution in [0, 0.1) is 11.8 Å². The van der Waals surface area contributed by atoms with E-state index in [1.807, 2.05) is 6.08 Å². The first-order chi connectivity index (χ1) is 13.3. The van der Waals surface area contributed by atoms with Crippen LogP contribution in [-0.4, -0.2) is 35.2 Å². The predicted molar refractivity (Wildman–Crippen MR) is 108 cm³/mol. The second-order valence-electron chi connectivity index (χ2n) is 6.87. The summed E-state index contributed by atoms with van der Waals surface area (Å²) in [6.07, 6.45) is 6.72. The molecule has 1 rings (SSSR count). The minimum atomic E-state index is -1.09. The Morgan fingerprint density at radius 2 is 2.00 bits per heavy atom. The molecule has 7 nitrogen and oxygen atoms in total. The number of rotatable bonds is 9. The van der Waals surface area contributed by atoms with Crippen molar-refractivity contribution in [1.82, 2.24) is 10.8 Å². The maximum atomic E-state index is 12.3. The van der Waals surface area contributed by atoms with Gasteiger partial charge in [-0.2, -0.15) is 0 Å². The van der Waals surface area contributed by atoms with Gasteiger partial charge in [0.1, 0.15) is 18.4 Å². The van der Waals surface area contributed by atoms with Crippen LogP contribution in [0.5, 0.6) is 5.75 Å². The molecule has 28 heavy (non-hydrogen) atoms. The molecule has 0 unspecified atom stereocenters. The zero-order chi connectivity index (χ0) is 21.0. The number of allylic oxidation sites excluding steroid dienone is 1. The van der Waals surface area contributed by atoms with Crippen molar-refractivity contribution in [2.24, 2.45) is 5.73 Å². The Labute approximate surface area is 166 Å². The van der Waals surface area contributed by atoms with Gasteiger partial charge in [0.2, 0.25) is 0 Å². The van der Waals surface area contributed by atoms with Crippen LogP contribution in [0.1, 0.15) is 50.4 Å². The van der Waals surface area contributed by atoms with Gasteiger partial charge in [0, 0.05) is 17.5 Å². The molecule has 0 saturated heterocycles. The van der Waals surface area contributed by atoms with Gasteiger partial charge < -0.3 is 15.8 Å². The fraction of sp³-hybridized carbons (Fsp3) is 0.429. The van der Waals surface area contributed by atoms with Crippen molar-refractivity contribution in [3.8, 4) is 17.6 Å². The van der Waals surface area contributed by atoms with Crippen molar-refractivity contribution >= 4 is 11.8 Å². The number of benzene rings is 1. The van der Waals surface area contributed by atoms with Gasteiger partial charge in [-0.1, -0.05) is 25.2 Å². The van der Waals surface area contributed by atoms with E-state index >= 15 is 0 Å². The summed E-state index contributed by atoms with van der Waals surface area (Å²) in [4.78, 5) is 24.1. The molecule has 1 aromatic carbocycles. The lowest BCUT2D eigenvalue weighted by atomic mass is 9.95. The van der Waals surface area contributed by atoms with Gasteiger partial charge in [0.05, 0.1) is 0 Å². The molecular weight excluding hydrogens is 358 g/mol. The molecule has 7 heteroatoms. The highest BCUT2D eigenvalue weighted by Gasteiger charge is 2.33. The Hall–Kier alpha value is -2.82. The summed E-state index contributed by atoms with van der Waals surface area (Å²) in [5.74, 6) is 5.33. The molecule has 0 fully saturated rings. The van der Waals surface area contributed by atoms with Gasteiger partial charge in [0.25, 0.3) is 11.8 Å². The first-order valence-electron chi connectivity index (χ1n) is 9.19. The van der Waals surface area contributed by atoms with Crippen molar-refractivity contribution in [2.75, 3.05) is 6.61 Å². The highest BCUT2D eigenvalue weighted by molar-refractivity contribution is 5.97. The molecule has 5 N–H and O–H groups in total. The van der Waals surface area contributed by atoms with Gasteiger partial charge >= 0.3 is 0 Å². The van der Waals surface area contributed by atoms with Crippen molar-refractivity contribution < 1.29 is 19.5 Å². The van der Waals surface area contributed by atoms with Crippen molar-refractivity contribution in [3.63, 3.8) is 0 Å². The number of nitrogens with two attached hydrogens (primary N) is 1. The van der Waals surface area contributed by atoms with Crippen LogP contribution in [0.3, 0.4) is 0 Å². The lowest BCUT2D eigenvalue weighted by molar-refractivity contribution is -0.132. The predicted octanol–water partition coefficient (Wildman–Crippen LogP) is 2.16. The lowest BCUT2D eigenvalue weighted by Gasteiger charge is -2.29. The fourth-order valence-corrected chi connectivity index (χ4v) is 2.22. The lowest BCUT2D eigenvalue weighted by Crippen LogP contribution is -2.61. The first kappa shape index (κ1) is 23.2.